The smallest absolute Gasteiger partial charge is 0.0716 e. The van der Waals surface area contributed by atoms with Gasteiger partial charge in [-0.1, -0.05) is 30.3 Å². The lowest BCUT2D eigenvalue weighted by Gasteiger charge is -2.20. The lowest BCUT2D eigenvalue weighted by molar-refractivity contribution is 0.121. The minimum absolute atomic E-state index is 0.753. The minimum Gasteiger partial charge on any atom is -0.377 e. The molecule has 0 amide bonds. The van der Waals surface area contributed by atoms with Crippen LogP contribution in [0.2, 0.25) is 0 Å². The SMILES string of the molecule is c1ccc(COCCC2SCCCS2)cc1. The minimum atomic E-state index is 0.753. The van der Waals surface area contributed by atoms with E-state index in [1.54, 1.807) is 0 Å². The Labute approximate surface area is 106 Å². The van der Waals surface area contributed by atoms with Crippen molar-refractivity contribution >= 4 is 23.5 Å². The Morgan fingerprint density at radius 1 is 1.12 bits per heavy atom. The van der Waals surface area contributed by atoms with Crippen LogP contribution in [0.3, 0.4) is 0 Å². The first-order chi connectivity index (χ1) is 7.95. The van der Waals surface area contributed by atoms with Crippen molar-refractivity contribution in [3.63, 3.8) is 0 Å². The standard InChI is InChI=1S/C13H18OS2/c1-2-5-12(6-3-1)11-14-8-7-13-15-9-4-10-16-13/h1-3,5-6,13H,4,7-11H2. The molecule has 16 heavy (non-hydrogen) atoms. The summed E-state index contributed by atoms with van der Waals surface area (Å²) in [6.07, 6.45) is 2.55. The topological polar surface area (TPSA) is 9.23 Å². The van der Waals surface area contributed by atoms with Crippen LogP contribution in [0.25, 0.3) is 0 Å². The van der Waals surface area contributed by atoms with Gasteiger partial charge in [0, 0.05) is 6.61 Å². The van der Waals surface area contributed by atoms with Crippen molar-refractivity contribution in [3.05, 3.63) is 35.9 Å². The molecular formula is C13H18OS2. The summed E-state index contributed by atoms with van der Waals surface area (Å²) in [5.41, 5.74) is 1.27. The summed E-state index contributed by atoms with van der Waals surface area (Å²) >= 11 is 4.18. The molecular weight excluding hydrogens is 236 g/mol. The maximum atomic E-state index is 5.70. The first-order valence-electron chi connectivity index (χ1n) is 5.80. The summed E-state index contributed by atoms with van der Waals surface area (Å²) < 4.78 is 6.46. The van der Waals surface area contributed by atoms with E-state index < -0.39 is 0 Å². The molecule has 0 bridgehead atoms. The van der Waals surface area contributed by atoms with E-state index in [1.807, 2.05) is 6.07 Å². The normalized spacial score (nSPS) is 17.5. The number of ether oxygens (including phenoxy) is 1. The Hall–Kier alpha value is -0.120. The highest BCUT2D eigenvalue weighted by Gasteiger charge is 2.13. The van der Waals surface area contributed by atoms with Gasteiger partial charge in [-0.15, -0.1) is 23.5 Å². The molecule has 0 unspecified atom stereocenters. The van der Waals surface area contributed by atoms with Crippen LogP contribution >= 0.6 is 23.5 Å². The molecule has 1 nitrogen and oxygen atoms in total. The summed E-state index contributed by atoms with van der Waals surface area (Å²) in [4.78, 5) is 0. The monoisotopic (exact) mass is 254 g/mol. The van der Waals surface area contributed by atoms with Crippen LogP contribution in [-0.4, -0.2) is 22.7 Å². The maximum absolute atomic E-state index is 5.70. The van der Waals surface area contributed by atoms with Gasteiger partial charge in [-0.05, 0) is 29.9 Å². The first-order valence-corrected chi connectivity index (χ1v) is 7.90. The molecule has 0 aromatic heterocycles. The molecule has 1 aliphatic rings. The Balaban J connectivity index is 1.58. The van der Waals surface area contributed by atoms with E-state index in [0.29, 0.717) is 0 Å². The largest absolute Gasteiger partial charge is 0.377 e. The Bertz CT molecular complexity index is 283. The van der Waals surface area contributed by atoms with Gasteiger partial charge in [0.2, 0.25) is 0 Å². The third-order valence-corrected chi connectivity index (χ3v) is 5.59. The van der Waals surface area contributed by atoms with Crippen molar-refractivity contribution in [3.8, 4) is 0 Å². The predicted molar refractivity (Wildman–Crippen MR) is 74.0 cm³/mol. The second-order valence-electron chi connectivity index (χ2n) is 3.85. The predicted octanol–water partition coefficient (Wildman–Crippen LogP) is 3.79. The van der Waals surface area contributed by atoms with Crippen LogP contribution in [-0.2, 0) is 11.3 Å². The van der Waals surface area contributed by atoms with E-state index in [1.165, 1.54) is 29.9 Å². The van der Waals surface area contributed by atoms with Crippen molar-refractivity contribution in [2.45, 2.75) is 24.0 Å². The summed E-state index contributed by atoms with van der Waals surface area (Å²) in [5.74, 6) is 2.66. The number of thioether (sulfide) groups is 2. The fourth-order valence-electron chi connectivity index (χ4n) is 1.65. The highest BCUT2D eigenvalue weighted by Crippen LogP contribution is 2.32. The molecule has 0 saturated carbocycles. The van der Waals surface area contributed by atoms with Gasteiger partial charge < -0.3 is 4.74 Å². The molecule has 0 radical (unpaired) electrons. The van der Waals surface area contributed by atoms with Crippen LogP contribution in [0.15, 0.2) is 30.3 Å². The van der Waals surface area contributed by atoms with Gasteiger partial charge >= 0.3 is 0 Å². The number of rotatable bonds is 5. The van der Waals surface area contributed by atoms with E-state index in [4.69, 9.17) is 4.74 Å². The van der Waals surface area contributed by atoms with Gasteiger partial charge in [0.25, 0.3) is 0 Å². The highest BCUT2D eigenvalue weighted by atomic mass is 32.2. The molecule has 2 rings (SSSR count). The third kappa shape index (κ3) is 4.40. The molecule has 1 heterocycles. The molecule has 1 aromatic carbocycles. The van der Waals surface area contributed by atoms with Gasteiger partial charge in [0.05, 0.1) is 11.2 Å². The van der Waals surface area contributed by atoms with E-state index in [0.717, 1.165) is 17.8 Å². The van der Waals surface area contributed by atoms with E-state index in [2.05, 4.69) is 47.8 Å². The van der Waals surface area contributed by atoms with Gasteiger partial charge in [0.15, 0.2) is 0 Å². The maximum Gasteiger partial charge on any atom is 0.0716 e. The molecule has 3 heteroatoms. The summed E-state index contributed by atoms with van der Waals surface area (Å²) in [5, 5.41) is 0. The van der Waals surface area contributed by atoms with E-state index in [9.17, 15) is 0 Å². The molecule has 1 aliphatic heterocycles. The second kappa shape index (κ2) is 7.25. The molecule has 0 spiro atoms. The molecule has 1 saturated heterocycles. The molecule has 0 N–H and O–H groups in total. The number of benzene rings is 1. The van der Waals surface area contributed by atoms with Crippen molar-refractivity contribution in [2.75, 3.05) is 18.1 Å². The molecule has 1 fully saturated rings. The molecule has 1 aromatic rings. The lowest BCUT2D eigenvalue weighted by atomic mass is 10.2. The summed E-state index contributed by atoms with van der Waals surface area (Å²) in [6, 6.07) is 10.4. The van der Waals surface area contributed by atoms with Crippen molar-refractivity contribution in [1.82, 2.24) is 0 Å². The quantitative estimate of drug-likeness (QED) is 0.740. The zero-order valence-electron chi connectivity index (χ0n) is 9.43. The van der Waals surface area contributed by atoms with E-state index >= 15 is 0 Å². The summed E-state index contributed by atoms with van der Waals surface area (Å²) in [7, 11) is 0. The van der Waals surface area contributed by atoms with E-state index in [-0.39, 0.29) is 0 Å². The zero-order chi connectivity index (χ0) is 11.1. The fraction of sp³-hybridized carbons (Fsp3) is 0.538. The first kappa shape index (κ1) is 12.3. The van der Waals surface area contributed by atoms with Crippen LogP contribution in [0.5, 0.6) is 0 Å². The Kier molecular flexibility index (Phi) is 5.59. The molecule has 88 valence electrons. The van der Waals surface area contributed by atoms with Gasteiger partial charge in [0.1, 0.15) is 0 Å². The van der Waals surface area contributed by atoms with Gasteiger partial charge in [-0.3, -0.25) is 0 Å². The zero-order valence-corrected chi connectivity index (χ0v) is 11.1. The number of hydrogen-bond acceptors (Lipinski definition) is 3. The van der Waals surface area contributed by atoms with Crippen molar-refractivity contribution < 1.29 is 4.74 Å². The molecule has 0 aliphatic carbocycles. The Morgan fingerprint density at radius 3 is 2.62 bits per heavy atom. The highest BCUT2D eigenvalue weighted by molar-refractivity contribution is 8.17. The fourth-order valence-corrected chi connectivity index (χ4v) is 4.47. The van der Waals surface area contributed by atoms with Crippen molar-refractivity contribution in [2.24, 2.45) is 0 Å². The summed E-state index contributed by atoms with van der Waals surface area (Å²) in [6.45, 7) is 1.64. The average Bonchev–Trinajstić information content (AvgIpc) is 2.37. The van der Waals surface area contributed by atoms with Crippen LogP contribution < -0.4 is 0 Å². The second-order valence-corrected chi connectivity index (χ2v) is 6.77. The third-order valence-electron chi connectivity index (χ3n) is 2.51. The number of hydrogen-bond donors (Lipinski definition) is 0. The van der Waals surface area contributed by atoms with Gasteiger partial charge in [-0.25, -0.2) is 0 Å². The van der Waals surface area contributed by atoms with Crippen LogP contribution in [0, 0.1) is 0 Å². The average molecular weight is 254 g/mol. The Morgan fingerprint density at radius 2 is 1.88 bits per heavy atom. The van der Waals surface area contributed by atoms with Crippen LogP contribution in [0.4, 0.5) is 0 Å². The van der Waals surface area contributed by atoms with Gasteiger partial charge in [-0.2, -0.15) is 0 Å². The van der Waals surface area contributed by atoms with Crippen molar-refractivity contribution in [1.29, 1.82) is 0 Å². The van der Waals surface area contributed by atoms with Crippen LogP contribution in [0.1, 0.15) is 18.4 Å². The molecule has 0 atom stereocenters. The lowest BCUT2D eigenvalue weighted by Crippen LogP contribution is -2.09.